The minimum absolute atomic E-state index is 0.367. The van der Waals surface area contributed by atoms with Crippen molar-refractivity contribution in [3.8, 4) is 11.5 Å². The highest BCUT2D eigenvalue weighted by Gasteiger charge is 2.53. The maximum Gasteiger partial charge on any atom is 0.340 e. The summed E-state index contributed by atoms with van der Waals surface area (Å²) in [5, 5.41) is 0. The summed E-state index contributed by atoms with van der Waals surface area (Å²) in [5.74, 6) is 0.355. The highest BCUT2D eigenvalue weighted by Crippen LogP contribution is 2.56. The van der Waals surface area contributed by atoms with Crippen LogP contribution in [-0.2, 0) is 15.1 Å². The average molecular weight is 597 g/mol. The Morgan fingerprint density at radius 1 is 0.636 bits per heavy atom. The van der Waals surface area contributed by atoms with E-state index in [1.54, 1.807) is 18.2 Å². The Kier molecular flexibility index (Phi) is 11.5. The fourth-order valence-electron chi connectivity index (χ4n) is 6.65. The van der Waals surface area contributed by atoms with E-state index in [0.29, 0.717) is 34.8 Å². The van der Waals surface area contributed by atoms with Crippen molar-refractivity contribution in [3.05, 3.63) is 94.5 Å². The maximum atomic E-state index is 12.9. The zero-order valence-corrected chi connectivity index (χ0v) is 26.4. The Bertz CT molecular complexity index is 1390. The molecule has 1 unspecified atom stereocenters. The SMILES string of the molecule is CCCCCCCCCCCCCCCCCCOC(=O)c1ccc2c(c1)Oc1ccccc1C21OC(=O)c2ccccc21. The molecule has 3 aromatic rings. The molecule has 3 aromatic carbocycles. The molecule has 0 fully saturated rings. The number of carbonyl (C=O) groups is 2. The Morgan fingerprint density at radius 3 is 1.84 bits per heavy atom. The molecule has 1 spiro atoms. The lowest BCUT2D eigenvalue weighted by Crippen LogP contribution is -2.33. The molecule has 44 heavy (non-hydrogen) atoms. The molecule has 234 valence electrons. The van der Waals surface area contributed by atoms with Gasteiger partial charge in [0.05, 0.1) is 17.7 Å². The summed E-state index contributed by atoms with van der Waals surface area (Å²) in [6, 6.07) is 20.3. The number of hydrogen-bond donors (Lipinski definition) is 0. The van der Waals surface area contributed by atoms with E-state index < -0.39 is 5.60 Å². The van der Waals surface area contributed by atoms with Crippen LogP contribution in [-0.4, -0.2) is 18.5 Å². The summed E-state index contributed by atoms with van der Waals surface area (Å²) in [6.07, 6.45) is 20.9. The first-order valence-electron chi connectivity index (χ1n) is 17.1. The second kappa shape index (κ2) is 15.9. The van der Waals surface area contributed by atoms with E-state index in [1.165, 1.54) is 89.9 Å². The minimum atomic E-state index is -1.12. The fourth-order valence-corrected chi connectivity index (χ4v) is 6.65. The number of carbonyl (C=O) groups excluding carboxylic acids is 2. The maximum absolute atomic E-state index is 12.9. The molecule has 0 bridgehead atoms. The largest absolute Gasteiger partial charge is 0.462 e. The van der Waals surface area contributed by atoms with Gasteiger partial charge in [0.2, 0.25) is 0 Å². The van der Waals surface area contributed by atoms with E-state index in [-0.39, 0.29) is 11.9 Å². The first-order chi connectivity index (χ1) is 21.6. The van der Waals surface area contributed by atoms with Crippen LogP contribution in [0.4, 0.5) is 0 Å². The van der Waals surface area contributed by atoms with Crippen molar-refractivity contribution in [1.82, 2.24) is 0 Å². The van der Waals surface area contributed by atoms with E-state index in [2.05, 4.69) is 6.92 Å². The standard InChI is InChI=1S/C39H48O5/c1-2-3-4-5-6-7-8-9-10-11-12-13-14-15-16-21-28-42-37(40)30-26-27-34-36(29-30)43-35-25-20-19-24-33(35)39(34)32-23-18-17-22-31(32)38(41)44-39/h17-20,22-27,29H,2-16,21,28H2,1H3. The van der Waals surface area contributed by atoms with E-state index >= 15 is 0 Å². The van der Waals surface area contributed by atoms with Crippen LogP contribution in [0.2, 0.25) is 0 Å². The number of hydrogen-bond acceptors (Lipinski definition) is 5. The van der Waals surface area contributed by atoms with Crippen LogP contribution in [0.25, 0.3) is 0 Å². The molecule has 0 aliphatic carbocycles. The van der Waals surface area contributed by atoms with Crippen LogP contribution in [0.3, 0.4) is 0 Å². The van der Waals surface area contributed by atoms with Gasteiger partial charge in [-0.2, -0.15) is 0 Å². The normalized spacial score (nSPS) is 16.2. The number of unbranched alkanes of at least 4 members (excludes halogenated alkanes) is 15. The zero-order chi connectivity index (χ0) is 30.6. The Morgan fingerprint density at radius 2 is 1.18 bits per heavy atom. The molecule has 2 aliphatic heterocycles. The first-order valence-corrected chi connectivity index (χ1v) is 17.1. The summed E-state index contributed by atoms with van der Waals surface area (Å²) in [5.41, 5.74) is 2.09. The smallest absolute Gasteiger partial charge is 0.340 e. The van der Waals surface area contributed by atoms with Gasteiger partial charge in [0.1, 0.15) is 11.5 Å². The summed E-state index contributed by atoms with van der Waals surface area (Å²) in [7, 11) is 0. The molecule has 0 amide bonds. The predicted molar refractivity (Wildman–Crippen MR) is 175 cm³/mol. The van der Waals surface area contributed by atoms with Crippen molar-refractivity contribution in [3.63, 3.8) is 0 Å². The quantitative estimate of drug-likeness (QED) is 0.108. The van der Waals surface area contributed by atoms with Gasteiger partial charge in [-0.05, 0) is 36.8 Å². The molecule has 0 saturated heterocycles. The van der Waals surface area contributed by atoms with Gasteiger partial charge in [0.15, 0.2) is 5.60 Å². The highest BCUT2D eigenvalue weighted by atomic mass is 16.6. The van der Waals surface area contributed by atoms with E-state index in [4.69, 9.17) is 14.2 Å². The molecular weight excluding hydrogens is 548 g/mol. The van der Waals surface area contributed by atoms with Gasteiger partial charge in [-0.25, -0.2) is 9.59 Å². The van der Waals surface area contributed by atoms with Crippen LogP contribution < -0.4 is 4.74 Å². The number of rotatable bonds is 18. The summed E-state index contributed by atoms with van der Waals surface area (Å²) in [6.45, 7) is 2.68. The van der Waals surface area contributed by atoms with Crippen molar-refractivity contribution in [2.24, 2.45) is 0 Å². The van der Waals surface area contributed by atoms with Crippen LogP contribution in [0, 0.1) is 0 Å². The fraction of sp³-hybridized carbons (Fsp3) is 0.487. The molecule has 2 heterocycles. The van der Waals surface area contributed by atoms with Crippen LogP contribution in [0.15, 0.2) is 66.7 Å². The summed E-state index contributed by atoms with van der Waals surface area (Å²) < 4.78 is 18.0. The molecule has 0 N–H and O–H groups in total. The third kappa shape index (κ3) is 7.36. The molecule has 1 atom stereocenters. The molecule has 5 heteroatoms. The number of para-hydroxylation sites is 1. The Labute approximate surface area is 263 Å². The average Bonchev–Trinajstić information content (AvgIpc) is 3.34. The minimum Gasteiger partial charge on any atom is -0.462 e. The topological polar surface area (TPSA) is 61.8 Å². The molecule has 0 aromatic heterocycles. The number of fused-ring (bicyclic) bond motifs is 6. The van der Waals surface area contributed by atoms with Gasteiger partial charge >= 0.3 is 11.9 Å². The van der Waals surface area contributed by atoms with Crippen molar-refractivity contribution in [1.29, 1.82) is 0 Å². The lowest BCUT2D eigenvalue weighted by molar-refractivity contribution is 0.0223. The van der Waals surface area contributed by atoms with Gasteiger partial charge in [0, 0.05) is 16.7 Å². The van der Waals surface area contributed by atoms with Crippen molar-refractivity contribution in [2.45, 2.75) is 115 Å². The van der Waals surface area contributed by atoms with E-state index in [9.17, 15) is 9.59 Å². The Balaban J connectivity index is 1.03. The van der Waals surface area contributed by atoms with Gasteiger partial charge in [-0.15, -0.1) is 0 Å². The molecule has 5 nitrogen and oxygen atoms in total. The van der Waals surface area contributed by atoms with Crippen LogP contribution >= 0.6 is 0 Å². The number of ether oxygens (including phenoxy) is 3. The van der Waals surface area contributed by atoms with Crippen LogP contribution in [0.1, 0.15) is 147 Å². The van der Waals surface area contributed by atoms with Gasteiger partial charge in [-0.3, -0.25) is 0 Å². The molecule has 5 rings (SSSR count). The molecular formula is C39H48O5. The first kappa shape index (κ1) is 31.8. The third-order valence-corrected chi connectivity index (χ3v) is 9.09. The second-order valence-electron chi connectivity index (χ2n) is 12.4. The van der Waals surface area contributed by atoms with Gasteiger partial charge in [-0.1, -0.05) is 140 Å². The van der Waals surface area contributed by atoms with Crippen molar-refractivity contribution in [2.75, 3.05) is 6.61 Å². The van der Waals surface area contributed by atoms with E-state index in [1.807, 2.05) is 48.5 Å². The predicted octanol–water partition coefficient (Wildman–Crippen LogP) is 10.7. The van der Waals surface area contributed by atoms with Crippen molar-refractivity contribution >= 4 is 11.9 Å². The lowest BCUT2D eigenvalue weighted by Gasteiger charge is -2.36. The number of esters is 2. The Hall–Kier alpha value is -3.60. The second-order valence-corrected chi connectivity index (χ2v) is 12.4. The zero-order valence-electron chi connectivity index (χ0n) is 26.4. The molecule has 2 aliphatic rings. The van der Waals surface area contributed by atoms with Gasteiger partial charge in [0.25, 0.3) is 0 Å². The van der Waals surface area contributed by atoms with Crippen molar-refractivity contribution < 1.29 is 23.8 Å². The van der Waals surface area contributed by atoms with Gasteiger partial charge < -0.3 is 14.2 Å². The number of benzene rings is 3. The molecule has 0 saturated carbocycles. The highest BCUT2D eigenvalue weighted by molar-refractivity contribution is 5.97. The lowest BCUT2D eigenvalue weighted by atomic mass is 9.77. The summed E-state index contributed by atoms with van der Waals surface area (Å²) >= 11 is 0. The van der Waals surface area contributed by atoms with E-state index in [0.717, 1.165) is 24.0 Å². The van der Waals surface area contributed by atoms with Crippen LogP contribution in [0.5, 0.6) is 11.5 Å². The summed E-state index contributed by atoms with van der Waals surface area (Å²) in [4.78, 5) is 25.9. The third-order valence-electron chi connectivity index (χ3n) is 9.09. The molecule has 0 radical (unpaired) electrons. The monoisotopic (exact) mass is 596 g/mol.